The zero-order chi connectivity index (χ0) is 19.0. The highest BCUT2D eigenvalue weighted by molar-refractivity contribution is 6.05. The quantitative estimate of drug-likeness (QED) is 0.841. The third-order valence-electron chi connectivity index (χ3n) is 5.20. The lowest BCUT2D eigenvalue weighted by molar-refractivity contribution is -0.121. The molecule has 2 fully saturated rings. The number of ether oxygens (including phenoxy) is 1. The van der Waals surface area contributed by atoms with Crippen molar-refractivity contribution < 1.29 is 24.2 Å². The molecule has 1 spiro atoms. The summed E-state index contributed by atoms with van der Waals surface area (Å²) in [5.41, 5.74) is 0.531. The van der Waals surface area contributed by atoms with Crippen molar-refractivity contribution in [3.63, 3.8) is 0 Å². The van der Waals surface area contributed by atoms with E-state index in [1.54, 1.807) is 46.2 Å². The Balaban J connectivity index is 1.76. The fourth-order valence-electron chi connectivity index (χ4n) is 4.07. The Morgan fingerprint density at radius 2 is 1.33 bits per heavy atom. The normalized spacial score (nSPS) is 21.9. The maximum absolute atomic E-state index is 12.7. The van der Waals surface area contributed by atoms with Crippen LogP contribution in [0, 0.1) is 0 Å². The monoisotopic (exact) mass is 366 g/mol. The molecule has 2 aliphatic rings. The second-order valence-electron chi connectivity index (χ2n) is 6.67. The summed E-state index contributed by atoms with van der Waals surface area (Å²) in [7, 11) is 0. The zero-order valence-electron chi connectivity index (χ0n) is 14.5. The topological polar surface area (TPSA) is 87.2 Å². The molecule has 27 heavy (non-hydrogen) atoms. The maximum Gasteiger partial charge on any atom is 0.298 e. The van der Waals surface area contributed by atoms with Crippen LogP contribution in [-0.2, 0) is 14.4 Å². The molecule has 1 N–H and O–H groups in total. The SMILES string of the molecule is O=COc1ccc(N2C(=O)CCC23CCC(=O)N3c2ccc(O)cc2)cc1. The molecule has 0 aromatic heterocycles. The third kappa shape index (κ3) is 2.71. The number of anilines is 2. The summed E-state index contributed by atoms with van der Waals surface area (Å²) < 4.78 is 4.81. The Kier molecular flexibility index (Phi) is 4.07. The Bertz CT molecular complexity index is 890. The van der Waals surface area contributed by atoms with Crippen molar-refractivity contribution in [2.75, 3.05) is 9.80 Å². The summed E-state index contributed by atoms with van der Waals surface area (Å²) >= 11 is 0. The summed E-state index contributed by atoms with van der Waals surface area (Å²) in [5, 5.41) is 9.56. The van der Waals surface area contributed by atoms with E-state index < -0.39 is 5.66 Å². The standard InChI is InChI=1S/C20H18N2O5/c23-13-27-17-7-3-15(4-8-17)22-19(26)10-12-20(22)11-9-18(25)21(20)14-1-5-16(24)6-2-14/h1-8,13,24H,9-12H2. The molecule has 4 rings (SSSR count). The molecule has 0 bridgehead atoms. The van der Waals surface area contributed by atoms with Gasteiger partial charge in [-0.15, -0.1) is 0 Å². The lowest BCUT2D eigenvalue weighted by Gasteiger charge is -2.42. The van der Waals surface area contributed by atoms with Gasteiger partial charge in [-0.2, -0.15) is 0 Å². The smallest absolute Gasteiger partial charge is 0.298 e. The zero-order valence-corrected chi connectivity index (χ0v) is 14.5. The molecule has 1 atom stereocenters. The van der Waals surface area contributed by atoms with Gasteiger partial charge in [0.15, 0.2) is 0 Å². The number of benzene rings is 2. The molecule has 2 amide bonds. The molecule has 7 heteroatoms. The van der Waals surface area contributed by atoms with Crippen molar-refractivity contribution in [1.29, 1.82) is 0 Å². The second kappa shape index (κ2) is 6.42. The van der Waals surface area contributed by atoms with E-state index in [1.165, 1.54) is 12.1 Å². The number of aromatic hydroxyl groups is 1. The van der Waals surface area contributed by atoms with Crippen LogP contribution in [0.5, 0.6) is 11.5 Å². The van der Waals surface area contributed by atoms with Crippen LogP contribution in [0.2, 0.25) is 0 Å². The van der Waals surface area contributed by atoms with Crippen LogP contribution in [0.3, 0.4) is 0 Å². The number of nitrogens with zero attached hydrogens (tertiary/aromatic N) is 2. The minimum absolute atomic E-state index is 0.0544. The first-order chi connectivity index (χ1) is 13.0. The van der Waals surface area contributed by atoms with Gasteiger partial charge in [-0.05, 0) is 61.4 Å². The van der Waals surface area contributed by atoms with Crippen molar-refractivity contribution in [3.05, 3.63) is 48.5 Å². The van der Waals surface area contributed by atoms with E-state index in [1.807, 2.05) is 0 Å². The van der Waals surface area contributed by atoms with Gasteiger partial charge in [0.2, 0.25) is 11.8 Å². The van der Waals surface area contributed by atoms with E-state index in [-0.39, 0.29) is 17.6 Å². The summed E-state index contributed by atoms with van der Waals surface area (Å²) in [4.78, 5) is 39.3. The van der Waals surface area contributed by atoms with Crippen LogP contribution in [0.15, 0.2) is 48.5 Å². The number of phenolic OH excluding ortho intramolecular Hbond substituents is 1. The van der Waals surface area contributed by atoms with E-state index in [2.05, 4.69) is 0 Å². The molecule has 2 aromatic rings. The van der Waals surface area contributed by atoms with Gasteiger partial charge in [0.25, 0.3) is 6.47 Å². The van der Waals surface area contributed by atoms with Crippen molar-refractivity contribution in [1.82, 2.24) is 0 Å². The van der Waals surface area contributed by atoms with E-state index in [0.29, 0.717) is 49.3 Å². The fourth-order valence-corrected chi connectivity index (χ4v) is 4.07. The average Bonchev–Trinajstić information content (AvgIpc) is 3.17. The van der Waals surface area contributed by atoms with Crippen molar-refractivity contribution in [3.8, 4) is 11.5 Å². The maximum atomic E-state index is 12.7. The van der Waals surface area contributed by atoms with Gasteiger partial charge in [0, 0.05) is 24.2 Å². The van der Waals surface area contributed by atoms with Crippen LogP contribution in [0.4, 0.5) is 11.4 Å². The van der Waals surface area contributed by atoms with Gasteiger partial charge < -0.3 is 9.84 Å². The summed E-state index contributed by atoms with van der Waals surface area (Å²) in [6, 6.07) is 13.1. The fraction of sp³-hybridized carbons (Fsp3) is 0.250. The molecule has 2 aliphatic heterocycles. The predicted molar refractivity (Wildman–Crippen MR) is 97.4 cm³/mol. The minimum atomic E-state index is -0.766. The number of phenols is 1. The van der Waals surface area contributed by atoms with Gasteiger partial charge in [0.1, 0.15) is 17.2 Å². The minimum Gasteiger partial charge on any atom is -0.508 e. The van der Waals surface area contributed by atoms with Crippen LogP contribution < -0.4 is 14.5 Å². The lowest BCUT2D eigenvalue weighted by Crippen LogP contribution is -2.56. The highest BCUT2D eigenvalue weighted by Crippen LogP contribution is 2.47. The van der Waals surface area contributed by atoms with Crippen molar-refractivity contribution >= 4 is 29.7 Å². The Hall–Kier alpha value is -3.35. The number of rotatable bonds is 4. The third-order valence-corrected chi connectivity index (χ3v) is 5.20. The van der Waals surface area contributed by atoms with E-state index >= 15 is 0 Å². The van der Waals surface area contributed by atoms with Crippen molar-refractivity contribution in [2.24, 2.45) is 0 Å². The first-order valence-corrected chi connectivity index (χ1v) is 8.71. The Morgan fingerprint density at radius 1 is 0.852 bits per heavy atom. The summed E-state index contributed by atoms with van der Waals surface area (Å²) in [6.45, 7) is 0.347. The molecule has 2 aromatic carbocycles. The van der Waals surface area contributed by atoms with Crippen LogP contribution >= 0.6 is 0 Å². The van der Waals surface area contributed by atoms with Gasteiger partial charge in [0.05, 0.1) is 0 Å². The lowest BCUT2D eigenvalue weighted by atomic mass is 10.0. The number of hydrogen-bond donors (Lipinski definition) is 1. The first kappa shape index (κ1) is 17.1. The van der Waals surface area contributed by atoms with Crippen LogP contribution in [0.1, 0.15) is 25.7 Å². The van der Waals surface area contributed by atoms with Crippen LogP contribution in [0.25, 0.3) is 0 Å². The Morgan fingerprint density at radius 3 is 1.81 bits per heavy atom. The molecule has 2 heterocycles. The number of carbonyl (C=O) groups excluding carboxylic acids is 3. The summed E-state index contributed by atoms with van der Waals surface area (Å²) in [5.74, 6) is 0.385. The number of amides is 2. The highest BCUT2D eigenvalue weighted by Gasteiger charge is 2.56. The molecule has 2 saturated heterocycles. The first-order valence-electron chi connectivity index (χ1n) is 8.71. The number of carbonyl (C=O) groups is 3. The molecular formula is C20H18N2O5. The highest BCUT2D eigenvalue weighted by atomic mass is 16.5. The second-order valence-corrected chi connectivity index (χ2v) is 6.67. The molecule has 0 radical (unpaired) electrons. The largest absolute Gasteiger partial charge is 0.508 e. The van der Waals surface area contributed by atoms with Gasteiger partial charge in [-0.3, -0.25) is 24.2 Å². The summed E-state index contributed by atoms with van der Waals surface area (Å²) in [6.07, 6.45) is 1.75. The van der Waals surface area contributed by atoms with Crippen molar-refractivity contribution in [2.45, 2.75) is 31.3 Å². The average molecular weight is 366 g/mol. The molecule has 1 unspecified atom stereocenters. The molecule has 7 nitrogen and oxygen atoms in total. The Labute approximate surface area is 155 Å². The van der Waals surface area contributed by atoms with E-state index in [4.69, 9.17) is 4.74 Å². The van der Waals surface area contributed by atoms with E-state index in [0.717, 1.165) is 0 Å². The predicted octanol–water partition coefficient (Wildman–Crippen LogP) is 2.58. The molecule has 138 valence electrons. The van der Waals surface area contributed by atoms with E-state index in [9.17, 15) is 19.5 Å². The molecular weight excluding hydrogens is 348 g/mol. The van der Waals surface area contributed by atoms with Gasteiger partial charge in [-0.25, -0.2) is 0 Å². The molecule has 0 saturated carbocycles. The van der Waals surface area contributed by atoms with Gasteiger partial charge in [-0.1, -0.05) is 0 Å². The van der Waals surface area contributed by atoms with Gasteiger partial charge >= 0.3 is 0 Å². The molecule has 0 aliphatic carbocycles. The number of hydrogen-bond acceptors (Lipinski definition) is 5. The van der Waals surface area contributed by atoms with Crippen LogP contribution in [-0.4, -0.2) is 29.1 Å².